The van der Waals surface area contributed by atoms with Crippen LogP contribution in [0.3, 0.4) is 0 Å². The average molecular weight is 499 g/mol. The molecule has 2 saturated heterocycles. The molecule has 2 heterocycles. The van der Waals surface area contributed by atoms with Crippen LogP contribution in [-0.2, 0) is 14.3 Å². The standard InChI is InChI=1S/C32H50O4/c1-8-35-32-18-17-31(19-36-32)23(27(32,4)5)12-13-29(7)24(31)10-9-22-25-21(3)20(2)11-14-30(25,26(33)34)16-15-28(22,29)6/h9,20-21,23-25H,8,10-19H2,1-7H3,(H,33,34)/t20-,21+,23?,24+,25+,28-,29-,30+,31-,32+/m1/s1. The first kappa shape index (κ1) is 25.4. The quantitative estimate of drug-likeness (QED) is 0.410. The average Bonchev–Trinajstić information content (AvgIpc) is 2.82. The first-order valence-electron chi connectivity index (χ1n) is 15.1. The maximum atomic E-state index is 12.9. The predicted molar refractivity (Wildman–Crippen MR) is 141 cm³/mol. The van der Waals surface area contributed by atoms with Gasteiger partial charge in [-0.25, -0.2) is 0 Å². The maximum Gasteiger partial charge on any atom is 0.310 e. The SMILES string of the molecule is CCO[C@@]12CC[C@@]3(CO1)C(CC[C@]1(C)[C@@H]3CC=C3[C@@H]4[C@@H](C)[C@H](C)CC[C@]4(C(=O)O)CC[C@]31C)C2(C)C. The summed E-state index contributed by atoms with van der Waals surface area (Å²) in [7, 11) is 0. The maximum absolute atomic E-state index is 12.9. The lowest BCUT2D eigenvalue weighted by Gasteiger charge is -2.75. The van der Waals surface area contributed by atoms with E-state index < -0.39 is 17.2 Å². The number of allylic oxidation sites excluding steroid dienone is 2. The largest absolute Gasteiger partial charge is 0.481 e. The topological polar surface area (TPSA) is 55.8 Å². The number of aliphatic carboxylic acids is 1. The first-order valence-corrected chi connectivity index (χ1v) is 15.1. The molecule has 0 aromatic heterocycles. The van der Waals surface area contributed by atoms with E-state index in [4.69, 9.17) is 9.47 Å². The van der Waals surface area contributed by atoms with Crippen LogP contribution in [0.5, 0.6) is 0 Å². The first-order chi connectivity index (χ1) is 16.9. The molecular weight excluding hydrogens is 448 g/mol. The van der Waals surface area contributed by atoms with Crippen LogP contribution in [0.15, 0.2) is 11.6 Å². The highest BCUT2D eigenvalue weighted by atomic mass is 16.7. The number of ether oxygens (including phenoxy) is 2. The van der Waals surface area contributed by atoms with Gasteiger partial charge in [-0.2, -0.15) is 0 Å². The number of carboxylic acids is 1. The van der Waals surface area contributed by atoms with E-state index in [0.717, 1.165) is 45.1 Å². The third-order valence-electron chi connectivity index (χ3n) is 14.2. The van der Waals surface area contributed by atoms with Crippen molar-refractivity contribution in [3.8, 4) is 0 Å². The molecule has 2 bridgehead atoms. The van der Waals surface area contributed by atoms with Crippen LogP contribution < -0.4 is 0 Å². The van der Waals surface area contributed by atoms with Crippen LogP contribution in [-0.4, -0.2) is 30.1 Å². The van der Waals surface area contributed by atoms with Crippen molar-refractivity contribution in [2.45, 2.75) is 112 Å². The van der Waals surface area contributed by atoms with E-state index in [0.29, 0.717) is 30.3 Å². The van der Waals surface area contributed by atoms with E-state index in [1.807, 2.05) is 0 Å². The molecule has 4 saturated carbocycles. The second kappa shape index (κ2) is 7.62. The minimum atomic E-state index is -0.562. The summed E-state index contributed by atoms with van der Waals surface area (Å²) in [6, 6.07) is 0. The Morgan fingerprint density at radius 3 is 2.42 bits per heavy atom. The summed E-state index contributed by atoms with van der Waals surface area (Å²) in [5, 5.41) is 10.6. The second-order valence-electron chi connectivity index (χ2n) is 15.0. The molecule has 1 N–H and O–H groups in total. The van der Waals surface area contributed by atoms with Crippen molar-refractivity contribution < 1.29 is 19.4 Å². The van der Waals surface area contributed by atoms with Gasteiger partial charge < -0.3 is 14.6 Å². The van der Waals surface area contributed by atoms with Gasteiger partial charge in [0, 0.05) is 23.9 Å². The van der Waals surface area contributed by atoms with Gasteiger partial charge in [-0.05, 0) is 98.7 Å². The van der Waals surface area contributed by atoms with Gasteiger partial charge in [0.25, 0.3) is 0 Å². The van der Waals surface area contributed by atoms with Gasteiger partial charge >= 0.3 is 5.97 Å². The second-order valence-corrected chi connectivity index (χ2v) is 15.0. The molecule has 6 fully saturated rings. The minimum Gasteiger partial charge on any atom is -0.481 e. The molecule has 1 unspecified atom stereocenters. The van der Waals surface area contributed by atoms with Crippen molar-refractivity contribution in [3.05, 3.63) is 11.6 Å². The molecule has 1 spiro atoms. The lowest BCUT2D eigenvalue weighted by Crippen LogP contribution is -2.73. The zero-order valence-corrected chi connectivity index (χ0v) is 23.9. The minimum absolute atomic E-state index is 0.00405. The molecule has 0 aromatic rings. The van der Waals surface area contributed by atoms with E-state index in [9.17, 15) is 9.90 Å². The smallest absolute Gasteiger partial charge is 0.310 e. The Morgan fingerprint density at radius 1 is 1.03 bits per heavy atom. The Morgan fingerprint density at radius 2 is 1.78 bits per heavy atom. The van der Waals surface area contributed by atoms with Crippen molar-refractivity contribution >= 4 is 5.97 Å². The molecule has 202 valence electrons. The van der Waals surface area contributed by atoms with Gasteiger partial charge in [-0.1, -0.05) is 53.2 Å². The van der Waals surface area contributed by atoms with Crippen LogP contribution in [0.1, 0.15) is 106 Å². The molecule has 7 rings (SSSR count). The molecule has 36 heavy (non-hydrogen) atoms. The highest BCUT2D eigenvalue weighted by Gasteiger charge is 2.75. The highest BCUT2D eigenvalue weighted by Crippen LogP contribution is 2.78. The lowest BCUT2D eigenvalue weighted by molar-refractivity contribution is -0.407. The molecule has 0 radical (unpaired) electrons. The fraction of sp³-hybridized carbons (Fsp3) is 0.906. The Labute approximate surface area is 219 Å². The van der Waals surface area contributed by atoms with Crippen molar-refractivity contribution in [2.24, 2.45) is 56.7 Å². The number of fused-ring (bicyclic) bond motifs is 7. The van der Waals surface area contributed by atoms with Crippen LogP contribution in [0.25, 0.3) is 0 Å². The van der Waals surface area contributed by atoms with Gasteiger partial charge in [-0.3, -0.25) is 4.79 Å². The molecule has 0 aromatic carbocycles. The van der Waals surface area contributed by atoms with Gasteiger partial charge in [0.15, 0.2) is 5.79 Å². The number of carboxylic acid groups (broad SMARTS) is 1. The fourth-order valence-corrected chi connectivity index (χ4v) is 11.8. The van der Waals surface area contributed by atoms with Crippen LogP contribution in [0, 0.1) is 56.7 Å². The Kier molecular flexibility index (Phi) is 5.38. The summed E-state index contributed by atoms with van der Waals surface area (Å²) in [4.78, 5) is 12.9. The van der Waals surface area contributed by atoms with E-state index in [-0.39, 0.29) is 27.6 Å². The predicted octanol–water partition coefficient (Wildman–Crippen LogP) is 7.47. The molecule has 0 amide bonds. The van der Waals surface area contributed by atoms with E-state index in [1.54, 1.807) is 0 Å². The summed E-state index contributed by atoms with van der Waals surface area (Å²) < 4.78 is 13.2. The lowest BCUT2D eigenvalue weighted by atomic mass is 9.32. The Bertz CT molecular complexity index is 973. The van der Waals surface area contributed by atoms with Gasteiger partial charge in [0.1, 0.15) is 0 Å². The molecule has 4 nitrogen and oxygen atoms in total. The summed E-state index contributed by atoms with van der Waals surface area (Å²) in [5.41, 5.74) is 1.42. The number of carbonyl (C=O) groups is 1. The van der Waals surface area contributed by atoms with Crippen LogP contribution in [0.4, 0.5) is 0 Å². The molecule has 2 aliphatic heterocycles. The summed E-state index contributed by atoms with van der Waals surface area (Å²) >= 11 is 0. The molecular formula is C32H50O4. The summed E-state index contributed by atoms with van der Waals surface area (Å²) in [6.45, 7) is 18.3. The monoisotopic (exact) mass is 498 g/mol. The molecule has 5 aliphatic carbocycles. The van der Waals surface area contributed by atoms with E-state index in [1.165, 1.54) is 24.8 Å². The van der Waals surface area contributed by atoms with Crippen LogP contribution >= 0.6 is 0 Å². The summed E-state index contributed by atoms with van der Waals surface area (Å²) in [5.74, 6) is 1.43. The highest BCUT2D eigenvalue weighted by molar-refractivity contribution is 5.76. The van der Waals surface area contributed by atoms with Crippen LogP contribution in [0.2, 0.25) is 0 Å². The van der Waals surface area contributed by atoms with E-state index in [2.05, 4.69) is 54.5 Å². The van der Waals surface area contributed by atoms with Gasteiger partial charge in [-0.15, -0.1) is 0 Å². The third-order valence-corrected chi connectivity index (χ3v) is 14.2. The molecule has 10 atom stereocenters. The zero-order chi connectivity index (χ0) is 25.9. The van der Waals surface area contributed by atoms with Crippen molar-refractivity contribution in [1.82, 2.24) is 0 Å². The number of rotatable bonds is 3. The van der Waals surface area contributed by atoms with Gasteiger partial charge in [0.05, 0.1) is 12.0 Å². The third kappa shape index (κ3) is 2.67. The zero-order valence-electron chi connectivity index (χ0n) is 23.9. The number of hydrogen-bond acceptors (Lipinski definition) is 3. The van der Waals surface area contributed by atoms with Crippen molar-refractivity contribution in [3.63, 3.8) is 0 Å². The van der Waals surface area contributed by atoms with Crippen molar-refractivity contribution in [2.75, 3.05) is 13.2 Å². The van der Waals surface area contributed by atoms with E-state index >= 15 is 0 Å². The Hall–Kier alpha value is -0.870. The summed E-state index contributed by atoms with van der Waals surface area (Å²) in [6.07, 6.45) is 12.1. The fourth-order valence-electron chi connectivity index (χ4n) is 11.8. The van der Waals surface area contributed by atoms with Gasteiger partial charge in [0.2, 0.25) is 0 Å². The molecule has 4 heteroatoms. The number of hydrogen-bond donors (Lipinski definition) is 1. The normalized spacial score (nSPS) is 55.0. The molecule has 7 aliphatic rings. The Balaban J connectivity index is 1.44. The van der Waals surface area contributed by atoms with Crippen molar-refractivity contribution in [1.29, 1.82) is 0 Å².